The van der Waals surface area contributed by atoms with Crippen LogP contribution in [0.15, 0.2) is 28.6 Å². The van der Waals surface area contributed by atoms with E-state index in [1.165, 1.54) is 18.3 Å². The van der Waals surface area contributed by atoms with Crippen LogP contribution >= 0.6 is 11.3 Å². The normalized spacial score (nSPS) is 17.6. The van der Waals surface area contributed by atoms with Gasteiger partial charge in [-0.3, -0.25) is 9.59 Å². The zero-order chi connectivity index (χ0) is 18.7. The number of carbonyl (C=O) groups excluding carboxylic acids is 2. The second-order valence-corrected chi connectivity index (χ2v) is 8.65. The van der Waals surface area contributed by atoms with E-state index in [1.54, 1.807) is 0 Å². The summed E-state index contributed by atoms with van der Waals surface area (Å²) in [6, 6.07) is 4.10. The highest BCUT2D eigenvalue weighted by molar-refractivity contribution is 7.94. The molecule has 26 heavy (non-hydrogen) atoms. The van der Waals surface area contributed by atoms with Crippen molar-refractivity contribution in [2.45, 2.75) is 9.65 Å². The smallest absolute Gasteiger partial charge is 0.276 e. The maximum Gasteiger partial charge on any atom is 0.276 e. The van der Waals surface area contributed by atoms with Crippen LogP contribution in [0.2, 0.25) is 0 Å². The van der Waals surface area contributed by atoms with Crippen LogP contribution in [0.5, 0.6) is 0 Å². The minimum Gasteiger partial charge on any atom is -0.366 e. The number of aromatic nitrogens is 2. The zero-order valence-electron chi connectivity index (χ0n) is 13.3. The Hall–Kier alpha value is -2.41. The molecule has 10 nitrogen and oxygen atoms in total. The number of thiophene rings is 1. The first-order valence-electron chi connectivity index (χ1n) is 7.48. The van der Waals surface area contributed by atoms with Crippen molar-refractivity contribution >= 4 is 38.0 Å². The number of nitrogens with two attached hydrogens (primary N) is 1. The van der Waals surface area contributed by atoms with E-state index in [2.05, 4.69) is 20.8 Å². The van der Waals surface area contributed by atoms with Crippen molar-refractivity contribution < 1.29 is 22.7 Å². The molecule has 1 saturated heterocycles. The first kappa shape index (κ1) is 18.4. The average Bonchev–Trinajstić information content (AvgIpc) is 3.08. The van der Waals surface area contributed by atoms with Gasteiger partial charge in [-0.05, 0) is 18.2 Å². The van der Waals surface area contributed by atoms with Gasteiger partial charge in [0.15, 0.2) is 11.1 Å². The highest BCUT2D eigenvalue weighted by Gasteiger charge is 2.33. The van der Waals surface area contributed by atoms with Crippen molar-refractivity contribution in [3.8, 4) is 0 Å². The first-order valence-corrected chi connectivity index (χ1v) is 9.85. The summed E-state index contributed by atoms with van der Waals surface area (Å²) in [6.45, 7) is 0.948. The van der Waals surface area contributed by atoms with Crippen LogP contribution in [-0.4, -0.2) is 55.6 Å². The van der Waals surface area contributed by atoms with Gasteiger partial charge in [0.1, 0.15) is 9.21 Å². The van der Waals surface area contributed by atoms with Crippen molar-refractivity contribution in [2.75, 3.05) is 25.0 Å². The number of carbonyl (C=O) groups is 2. The minimum absolute atomic E-state index is 0.0144. The third-order valence-electron chi connectivity index (χ3n) is 3.53. The fourth-order valence-corrected chi connectivity index (χ4v) is 5.23. The van der Waals surface area contributed by atoms with E-state index in [0.29, 0.717) is 6.54 Å². The Morgan fingerprint density at radius 2 is 2.23 bits per heavy atom. The van der Waals surface area contributed by atoms with Crippen LogP contribution in [0.4, 0.5) is 5.00 Å². The molecule has 2 amide bonds. The molecule has 1 fully saturated rings. The van der Waals surface area contributed by atoms with Crippen molar-refractivity contribution in [3.63, 3.8) is 0 Å². The largest absolute Gasteiger partial charge is 0.366 e. The highest BCUT2D eigenvalue weighted by Crippen LogP contribution is 2.34. The lowest BCUT2D eigenvalue weighted by Crippen LogP contribution is -2.42. The Bertz CT molecular complexity index is 922. The van der Waals surface area contributed by atoms with Crippen LogP contribution in [-0.2, 0) is 14.6 Å². The number of sulfone groups is 1. The molecule has 12 heteroatoms. The van der Waals surface area contributed by atoms with Crippen molar-refractivity contribution in [1.29, 1.82) is 0 Å². The highest BCUT2D eigenvalue weighted by atomic mass is 32.2. The van der Waals surface area contributed by atoms with Gasteiger partial charge in [0.2, 0.25) is 9.84 Å². The number of primary amides is 1. The number of nitrogens with one attached hydrogen (secondary N) is 2. The lowest BCUT2D eigenvalue weighted by molar-refractivity contribution is 0.0786. The maximum atomic E-state index is 12.7. The molecule has 3 rings (SSSR count). The number of anilines is 1. The Kier molecular flexibility index (Phi) is 5.27. The van der Waals surface area contributed by atoms with E-state index in [-0.39, 0.29) is 33.6 Å². The van der Waals surface area contributed by atoms with Gasteiger partial charge < -0.3 is 21.1 Å². The van der Waals surface area contributed by atoms with Crippen LogP contribution in [0, 0.1) is 0 Å². The van der Waals surface area contributed by atoms with E-state index in [0.717, 1.165) is 17.4 Å². The molecular formula is C14H15N5O5S2. The molecule has 1 aliphatic heterocycles. The number of rotatable bonds is 5. The molecule has 138 valence electrons. The Labute approximate surface area is 152 Å². The van der Waals surface area contributed by atoms with E-state index in [1.807, 2.05) is 0 Å². The topological polar surface area (TPSA) is 153 Å². The predicted molar refractivity (Wildman–Crippen MR) is 92.6 cm³/mol. The quantitative estimate of drug-likeness (QED) is 0.616. The molecule has 2 aromatic rings. The maximum absolute atomic E-state index is 12.7. The summed E-state index contributed by atoms with van der Waals surface area (Å²) < 4.78 is 30.6. The number of amides is 2. The van der Waals surface area contributed by atoms with Crippen LogP contribution in [0.1, 0.15) is 20.8 Å². The van der Waals surface area contributed by atoms with E-state index >= 15 is 0 Å². The fourth-order valence-electron chi connectivity index (χ4n) is 2.24. The molecule has 3 heterocycles. The molecule has 1 atom stereocenters. The summed E-state index contributed by atoms with van der Waals surface area (Å²) >= 11 is 0.735. The summed E-state index contributed by atoms with van der Waals surface area (Å²) in [5.74, 6) is -1.50. The van der Waals surface area contributed by atoms with E-state index in [9.17, 15) is 18.0 Å². The first-order chi connectivity index (χ1) is 12.4. The molecule has 0 radical (unpaired) electrons. The molecule has 0 bridgehead atoms. The number of hydrogen-bond donors (Lipinski definition) is 3. The Balaban J connectivity index is 1.91. The lowest BCUT2D eigenvalue weighted by Gasteiger charge is -2.22. The number of hydrogen-bond acceptors (Lipinski definition) is 9. The lowest BCUT2D eigenvalue weighted by atomic mass is 10.3. The van der Waals surface area contributed by atoms with Gasteiger partial charge in [0.05, 0.1) is 12.2 Å². The third-order valence-corrected chi connectivity index (χ3v) is 6.99. The summed E-state index contributed by atoms with van der Waals surface area (Å²) in [5, 5.41) is 12.7. The average molecular weight is 397 g/mol. The van der Waals surface area contributed by atoms with Gasteiger partial charge in [-0.15, -0.1) is 16.4 Å². The van der Waals surface area contributed by atoms with Gasteiger partial charge in [0.25, 0.3) is 11.8 Å². The molecule has 0 spiro atoms. The van der Waals surface area contributed by atoms with Crippen LogP contribution in [0.25, 0.3) is 0 Å². The monoisotopic (exact) mass is 397 g/mol. The van der Waals surface area contributed by atoms with E-state index < -0.39 is 27.1 Å². The van der Waals surface area contributed by atoms with Gasteiger partial charge in [-0.25, -0.2) is 8.42 Å². The number of morpholine rings is 1. The van der Waals surface area contributed by atoms with Crippen LogP contribution in [0.3, 0.4) is 0 Å². The molecule has 1 unspecified atom stereocenters. The standard InChI is InChI=1S/C14H15N5O5S2/c15-12(20)8-6-11(26(22,23)10-7-16-4-5-24-10)25-14(8)18-13(21)9-2-1-3-17-19-9/h1-3,6,10,16H,4-5,7H2,(H2,15,20)(H,18,21). The molecule has 0 saturated carbocycles. The third kappa shape index (κ3) is 3.72. The van der Waals surface area contributed by atoms with Gasteiger partial charge in [-0.2, -0.15) is 5.10 Å². The Morgan fingerprint density at radius 3 is 2.85 bits per heavy atom. The number of ether oxygens (including phenoxy) is 1. The second-order valence-electron chi connectivity index (χ2n) is 5.28. The molecule has 1 aliphatic rings. The fraction of sp³-hybridized carbons (Fsp3) is 0.286. The molecule has 0 aliphatic carbocycles. The van der Waals surface area contributed by atoms with Gasteiger partial charge >= 0.3 is 0 Å². The molecule has 4 N–H and O–H groups in total. The Morgan fingerprint density at radius 1 is 1.42 bits per heavy atom. The van der Waals surface area contributed by atoms with Crippen molar-refractivity contribution in [2.24, 2.45) is 5.73 Å². The van der Waals surface area contributed by atoms with Gasteiger partial charge in [-0.1, -0.05) is 0 Å². The van der Waals surface area contributed by atoms with Crippen molar-refractivity contribution in [3.05, 3.63) is 35.7 Å². The number of nitrogens with zero attached hydrogens (tertiary/aromatic N) is 2. The molecular weight excluding hydrogens is 382 g/mol. The van der Waals surface area contributed by atoms with Crippen LogP contribution < -0.4 is 16.4 Å². The van der Waals surface area contributed by atoms with E-state index in [4.69, 9.17) is 10.5 Å². The second kappa shape index (κ2) is 7.45. The minimum atomic E-state index is -3.85. The SMILES string of the molecule is NC(=O)c1cc(S(=O)(=O)C2CNCCO2)sc1NC(=O)c1cccnn1. The summed E-state index contributed by atoms with van der Waals surface area (Å²) in [5.41, 5.74) is 4.16. The predicted octanol–water partition coefficient (Wildman–Crippen LogP) is -0.391. The van der Waals surface area contributed by atoms with Crippen molar-refractivity contribution in [1.82, 2.24) is 15.5 Å². The summed E-state index contributed by atoms with van der Waals surface area (Å²) in [7, 11) is -3.85. The summed E-state index contributed by atoms with van der Waals surface area (Å²) in [6.07, 6.45) is 1.40. The van der Waals surface area contributed by atoms with Gasteiger partial charge in [0, 0.05) is 19.3 Å². The molecule has 0 aromatic carbocycles. The molecule has 2 aromatic heterocycles. The zero-order valence-corrected chi connectivity index (χ0v) is 15.0. The summed E-state index contributed by atoms with van der Waals surface area (Å²) in [4.78, 5) is 23.9.